The molecule has 0 radical (unpaired) electrons. The number of halogens is 1. The Balaban J connectivity index is 1.31. The first kappa shape index (κ1) is 24.5. The number of amides is 3. The molecule has 0 saturated carbocycles. The molecule has 0 unspecified atom stereocenters. The summed E-state index contributed by atoms with van der Waals surface area (Å²) in [5.41, 5.74) is 1.04. The fourth-order valence-electron chi connectivity index (χ4n) is 5.23. The van der Waals surface area contributed by atoms with Crippen LogP contribution in [0.5, 0.6) is 0 Å². The number of anilines is 1. The molecule has 3 aromatic carbocycles. The fraction of sp³-hybridized carbons (Fsp3) is 0.276. The van der Waals surface area contributed by atoms with Crippen molar-refractivity contribution in [3.05, 3.63) is 102 Å². The second-order valence-electron chi connectivity index (χ2n) is 9.47. The maximum absolute atomic E-state index is 14.2. The van der Waals surface area contributed by atoms with Gasteiger partial charge in [0.2, 0.25) is 5.91 Å². The minimum absolute atomic E-state index is 0.0350. The normalized spacial score (nSPS) is 16.8. The summed E-state index contributed by atoms with van der Waals surface area (Å²) in [6.07, 6.45) is 0.784. The molecule has 2 heterocycles. The van der Waals surface area contributed by atoms with Gasteiger partial charge in [0.1, 0.15) is 17.9 Å². The first-order valence-electron chi connectivity index (χ1n) is 12.4. The average molecular weight is 501 g/mol. The molecule has 0 aliphatic carbocycles. The molecule has 3 aromatic rings. The quantitative estimate of drug-likeness (QED) is 0.563. The molecule has 7 nitrogen and oxygen atoms in total. The summed E-state index contributed by atoms with van der Waals surface area (Å²) in [6.45, 7) is 1.26. The Morgan fingerprint density at radius 2 is 1.49 bits per heavy atom. The molecular weight excluding hydrogens is 471 g/mol. The lowest BCUT2D eigenvalue weighted by Crippen LogP contribution is -2.57. The molecule has 2 fully saturated rings. The van der Waals surface area contributed by atoms with Crippen molar-refractivity contribution in [1.29, 1.82) is 0 Å². The van der Waals surface area contributed by atoms with E-state index in [0.717, 1.165) is 11.3 Å². The van der Waals surface area contributed by atoms with Crippen LogP contribution in [0.4, 0.5) is 10.1 Å². The Bertz CT molecular complexity index is 1280. The van der Waals surface area contributed by atoms with E-state index in [-0.39, 0.29) is 36.5 Å². The predicted molar refractivity (Wildman–Crippen MR) is 138 cm³/mol. The fourth-order valence-corrected chi connectivity index (χ4v) is 5.23. The zero-order chi connectivity index (χ0) is 25.8. The SMILES string of the molecule is O=C(CN1CN(c2ccccc2)C2(CCN(C(=O)c3ccccc3F)CC2)C1=O)NCc1ccccc1. The van der Waals surface area contributed by atoms with Gasteiger partial charge in [0.15, 0.2) is 0 Å². The standard InChI is InChI=1S/C29H29FN4O3/c30-25-14-8-7-13-24(25)27(36)32-17-15-29(16-18-32)28(37)33(21-34(29)23-11-5-2-6-12-23)20-26(35)31-19-22-9-3-1-4-10-22/h1-14H,15-21H2,(H,31,35). The number of piperidine rings is 1. The second kappa shape index (κ2) is 10.4. The summed E-state index contributed by atoms with van der Waals surface area (Å²) in [5, 5.41) is 2.90. The van der Waals surface area contributed by atoms with E-state index >= 15 is 0 Å². The molecule has 37 heavy (non-hydrogen) atoms. The van der Waals surface area contributed by atoms with Gasteiger partial charge in [0, 0.05) is 25.3 Å². The van der Waals surface area contributed by atoms with Crippen LogP contribution in [0.1, 0.15) is 28.8 Å². The molecule has 0 bridgehead atoms. The van der Waals surface area contributed by atoms with Crippen LogP contribution in [-0.4, -0.2) is 59.4 Å². The lowest BCUT2D eigenvalue weighted by atomic mass is 9.85. The van der Waals surface area contributed by atoms with Crippen LogP contribution in [0.25, 0.3) is 0 Å². The molecule has 0 atom stereocenters. The van der Waals surface area contributed by atoms with Gasteiger partial charge in [0.05, 0.1) is 12.2 Å². The third-order valence-corrected chi connectivity index (χ3v) is 7.23. The Morgan fingerprint density at radius 3 is 2.16 bits per heavy atom. The van der Waals surface area contributed by atoms with Gasteiger partial charge in [-0.1, -0.05) is 60.7 Å². The van der Waals surface area contributed by atoms with Crippen molar-refractivity contribution in [1.82, 2.24) is 15.1 Å². The smallest absolute Gasteiger partial charge is 0.256 e. The van der Waals surface area contributed by atoms with Crippen molar-refractivity contribution >= 4 is 23.4 Å². The van der Waals surface area contributed by atoms with Crippen LogP contribution >= 0.6 is 0 Å². The monoisotopic (exact) mass is 500 g/mol. The summed E-state index contributed by atoms with van der Waals surface area (Å²) in [5.74, 6) is -1.27. The van der Waals surface area contributed by atoms with Crippen molar-refractivity contribution in [2.24, 2.45) is 0 Å². The highest BCUT2D eigenvalue weighted by Crippen LogP contribution is 2.39. The summed E-state index contributed by atoms with van der Waals surface area (Å²) in [6, 6.07) is 25.2. The highest BCUT2D eigenvalue weighted by molar-refractivity contribution is 5.97. The Labute approximate surface area is 215 Å². The zero-order valence-electron chi connectivity index (χ0n) is 20.5. The van der Waals surface area contributed by atoms with E-state index in [1.807, 2.05) is 65.6 Å². The Morgan fingerprint density at radius 1 is 0.865 bits per heavy atom. The van der Waals surface area contributed by atoms with Crippen LogP contribution in [0, 0.1) is 5.82 Å². The maximum Gasteiger partial charge on any atom is 0.256 e. The number of likely N-dealkylation sites (tertiary alicyclic amines) is 1. The molecule has 2 aliphatic rings. The van der Waals surface area contributed by atoms with Crippen LogP contribution in [0.2, 0.25) is 0 Å². The number of hydrogen-bond donors (Lipinski definition) is 1. The molecule has 5 rings (SSSR count). The minimum atomic E-state index is -0.868. The van der Waals surface area contributed by atoms with Crippen LogP contribution in [-0.2, 0) is 16.1 Å². The number of nitrogens with one attached hydrogen (secondary N) is 1. The van der Waals surface area contributed by atoms with E-state index in [2.05, 4.69) is 5.32 Å². The molecule has 2 saturated heterocycles. The first-order chi connectivity index (χ1) is 18.0. The number of carbonyl (C=O) groups is 3. The van der Waals surface area contributed by atoms with Crippen molar-refractivity contribution < 1.29 is 18.8 Å². The molecule has 3 amide bonds. The number of para-hydroxylation sites is 1. The van der Waals surface area contributed by atoms with Crippen LogP contribution < -0.4 is 10.2 Å². The highest BCUT2D eigenvalue weighted by atomic mass is 19.1. The number of hydrogen-bond acceptors (Lipinski definition) is 4. The number of nitrogens with zero attached hydrogens (tertiary/aromatic N) is 3. The van der Waals surface area contributed by atoms with Crippen molar-refractivity contribution in [2.45, 2.75) is 24.9 Å². The van der Waals surface area contributed by atoms with E-state index < -0.39 is 11.4 Å². The molecule has 8 heteroatoms. The summed E-state index contributed by atoms with van der Waals surface area (Å²) < 4.78 is 14.2. The van der Waals surface area contributed by atoms with Crippen LogP contribution in [0.15, 0.2) is 84.9 Å². The van der Waals surface area contributed by atoms with E-state index in [9.17, 15) is 18.8 Å². The number of benzene rings is 3. The predicted octanol–water partition coefficient (Wildman–Crippen LogP) is 3.42. The number of carbonyl (C=O) groups excluding carboxylic acids is 3. The van der Waals surface area contributed by atoms with E-state index in [1.165, 1.54) is 12.1 Å². The number of rotatable bonds is 6. The van der Waals surface area contributed by atoms with Gasteiger partial charge in [0.25, 0.3) is 11.8 Å². The van der Waals surface area contributed by atoms with Gasteiger partial charge in [-0.05, 0) is 42.7 Å². The summed E-state index contributed by atoms with van der Waals surface area (Å²) >= 11 is 0. The topological polar surface area (TPSA) is 73.0 Å². The zero-order valence-corrected chi connectivity index (χ0v) is 20.5. The van der Waals surface area contributed by atoms with Gasteiger partial charge in [-0.2, -0.15) is 0 Å². The molecule has 190 valence electrons. The van der Waals surface area contributed by atoms with Crippen LogP contribution in [0.3, 0.4) is 0 Å². The van der Waals surface area contributed by atoms with Crippen molar-refractivity contribution in [3.63, 3.8) is 0 Å². The van der Waals surface area contributed by atoms with Gasteiger partial charge in [-0.15, -0.1) is 0 Å². The Kier molecular flexibility index (Phi) is 6.90. The van der Waals surface area contributed by atoms with Gasteiger partial charge >= 0.3 is 0 Å². The lowest BCUT2D eigenvalue weighted by Gasteiger charge is -2.43. The highest BCUT2D eigenvalue weighted by Gasteiger charge is 2.54. The molecule has 2 aliphatic heterocycles. The van der Waals surface area contributed by atoms with Gasteiger partial charge in [-0.3, -0.25) is 14.4 Å². The summed E-state index contributed by atoms with van der Waals surface area (Å²) in [7, 11) is 0. The van der Waals surface area contributed by atoms with E-state index in [1.54, 1.807) is 21.9 Å². The molecule has 0 aromatic heterocycles. The van der Waals surface area contributed by atoms with Gasteiger partial charge < -0.3 is 20.0 Å². The molecule has 1 N–H and O–H groups in total. The van der Waals surface area contributed by atoms with E-state index in [4.69, 9.17) is 0 Å². The van der Waals surface area contributed by atoms with Gasteiger partial charge in [-0.25, -0.2) is 4.39 Å². The van der Waals surface area contributed by atoms with Crippen molar-refractivity contribution in [3.8, 4) is 0 Å². The largest absolute Gasteiger partial charge is 0.350 e. The average Bonchev–Trinajstić information content (AvgIpc) is 3.19. The first-order valence-corrected chi connectivity index (χ1v) is 12.4. The second-order valence-corrected chi connectivity index (χ2v) is 9.47. The molecular formula is C29H29FN4O3. The van der Waals surface area contributed by atoms with E-state index in [0.29, 0.717) is 32.5 Å². The third-order valence-electron chi connectivity index (χ3n) is 7.23. The maximum atomic E-state index is 14.2. The molecule has 1 spiro atoms. The minimum Gasteiger partial charge on any atom is -0.350 e. The summed E-state index contributed by atoms with van der Waals surface area (Å²) in [4.78, 5) is 44.8. The third kappa shape index (κ3) is 4.91. The Hall–Kier alpha value is -4.20. The lowest BCUT2D eigenvalue weighted by molar-refractivity contribution is -0.137. The van der Waals surface area contributed by atoms with Crippen molar-refractivity contribution in [2.75, 3.05) is 31.2 Å².